The molecule has 1 aromatic rings. The summed E-state index contributed by atoms with van der Waals surface area (Å²) < 4.78 is 6.82. The van der Waals surface area contributed by atoms with Gasteiger partial charge in [0.05, 0.1) is 12.5 Å². The number of rotatable bonds is 7. The topological polar surface area (TPSA) is 86.0 Å². The molecule has 9 heteroatoms. The zero-order valence-corrected chi connectivity index (χ0v) is 16.8. The van der Waals surface area contributed by atoms with Crippen LogP contribution < -0.4 is 5.56 Å². The zero-order chi connectivity index (χ0) is 19.4. The van der Waals surface area contributed by atoms with Crippen LogP contribution in [0.5, 0.6) is 0 Å². The molecule has 0 aromatic carbocycles. The summed E-state index contributed by atoms with van der Waals surface area (Å²) in [5.74, 6) is -0.673. The Labute approximate surface area is 162 Å². The molecule has 27 heavy (non-hydrogen) atoms. The molecule has 0 spiro atoms. The van der Waals surface area contributed by atoms with Crippen molar-refractivity contribution in [2.75, 3.05) is 26.0 Å². The highest BCUT2D eigenvalue weighted by Crippen LogP contribution is 2.29. The van der Waals surface area contributed by atoms with Crippen LogP contribution in [-0.4, -0.2) is 58.3 Å². The maximum Gasteiger partial charge on any atom is 0.356 e. The maximum absolute atomic E-state index is 12.6. The molecule has 0 saturated carbocycles. The highest BCUT2D eigenvalue weighted by atomic mass is 32.2. The number of aryl methyl sites for hydroxylation is 1. The second-order valence-corrected chi connectivity index (χ2v) is 7.49. The van der Waals surface area contributed by atoms with Crippen molar-refractivity contribution < 1.29 is 14.4 Å². The van der Waals surface area contributed by atoms with Crippen LogP contribution in [0.1, 0.15) is 31.7 Å². The number of hydrogen-bond donors (Lipinski definition) is 0. The Morgan fingerprint density at radius 2 is 2.15 bits per heavy atom. The molecule has 1 saturated heterocycles. The molecule has 0 N–H and O–H groups in total. The van der Waals surface area contributed by atoms with Gasteiger partial charge in [0.1, 0.15) is 0 Å². The van der Waals surface area contributed by atoms with Gasteiger partial charge in [-0.3, -0.25) is 14.3 Å². The van der Waals surface area contributed by atoms with Crippen molar-refractivity contribution in [1.29, 1.82) is 0 Å². The second kappa shape index (κ2) is 8.88. The minimum Gasteiger partial charge on any atom is -0.461 e. The Bertz CT molecular complexity index is 773. The smallest absolute Gasteiger partial charge is 0.356 e. The van der Waals surface area contributed by atoms with Crippen molar-refractivity contribution in [2.24, 2.45) is 11.1 Å². The number of likely N-dealkylation sites (tertiary alicyclic amines) is 1. The van der Waals surface area contributed by atoms with Crippen molar-refractivity contribution in [3.8, 4) is 0 Å². The van der Waals surface area contributed by atoms with E-state index in [0.717, 1.165) is 25.9 Å². The molecule has 1 aromatic heterocycles. The Balaban J connectivity index is 1.82. The molecule has 0 aliphatic carbocycles. The van der Waals surface area contributed by atoms with E-state index < -0.39 is 5.97 Å². The van der Waals surface area contributed by atoms with Crippen LogP contribution in [0.4, 0.5) is 0 Å². The van der Waals surface area contributed by atoms with Crippen molar-refractivity contribution in [1.82, 2.24) is 14.5 Å². The normalized spacial score (nSPS) is 22.6. The Morgan fingerprint density at radius 1 is 1.41 bits per heavy atom. The number of carbonyl (C=O) groups excluding carboxylic acids is 1. The van der Waals surface area contributed by atoms with Gasteiger partial charge in [0, 0.05) is 31.4 Å². The first-order valence-electron chi connectivity index (χ1n) is 9.32. The van der Waals surface area contributed by atoms with E-state index in [0.29, 0.717) is 29.4 Å². The number of nitrogens with zero attached hydrogens (tertiary/aromatic N) is 4. The summed E-state index contributed by atoms with van der Waals surface area (Å²) >= 11 is 1.43. The molecule has 0 amide bonds. The molecule has 1 fully saturated rings. The molecule has 2 unspecified atom stereocenters. The third kappa shape index (κ3) is 4.19. The summed E-state index contributed by atoms with van der Waals surface area (Å²) in [5, 5.41) is 4.71. The highest BCUT2D eigenvalue weighted by Gasteiger charge is 2.42. The van der Waals surface area contributed by atoms with E-state index in [9.17, 15) is 9.59 Å². The lowest BCUT2D eigenvalue weighted by molar-refractivity contribution is -0.135. The van der Waals surface area contributed by atoms with Crippen molar-refractivity contribution in [2.45, 2.75) is 51.0 Å². The zero-order valence-electron chi connectivity index (χ0n) is 16.0. The summed E-state index contributed by atoms with van der Waals surface area (Å²) in [6.45, 7) is 6.11. The van der Waals surface area contributed by atoms with Crippen LogP contribution in [0, 0.1) is 12.8 Å². The van der Waals surface area contributed by atoms with Gasteiger partial charge in [0.15, 0.2) is 17.1 Å². The average molecular weight is 394 g/mol. The largest absolute Gasteiger partial charge is 0.461 e. The van der Waals surface area contributed by atoms with Crippen LogP contribution >= 0.6 is 11.8 Å². The third-order valence-electron chi connectivity index (χ3n) is 4.97. The molecular weight excluding hydrogens is 368 g/mol. The number of oxime groups is 1. The van der Waals surface area contributed by atoms with Crippen LogP contribution in [0.3, 0.4) is 0 Å². The molecule has 2 atom stereocenters. The third-order valence-corrected chi connectivity index (χ3v) is 5.66. The Kier molecular flexibility index (Phi) is 6.54. The molecule has 3 rings (SSSR count). The van der Waals surface area contributed by atoms with Gasteiger partial charge < -0.3 is 9.57 Å². The number of ether oxygens (including phenoxy) is 1. The molecule has 0 radical (unpaired) electrons. The van der Waals surface area contributed by atoms with Crippen LogP contribution in [0.15, 0.2) is 21.3 Å². The molecule has 2 aliphatic heterocycles. The van der Waals surface area contributed by atoms with Crippen LogP contribution in [0.2, 0.25) is 0 Å². The van der Waals surface area contributed by atoms with Crippen molar-refractivity contribution in [3.05, 3.63) is 22.1 Å². The summed E-state index contributed by atoms with van der Waals surface area (Å²) in [6.07, 6.45) is 5.99. The van der Waals surface area contributed by atoms with Crippen molar-refractivity contribution >= 4 is 23.4 Å². The quantitative estimate of drug-likeness (QED) is 0.395. The lowest BCUT2D eigenvalue weighted by Crippen LogP contribution is -2.42. The highest BCUT2D eigenvalue weighted by molar-refractivity contribution is 7.98. The standard InChI is InChI=1S/C18H26N4O4S/c1-4-25-17(24)14-13(16(26-20-14)21-8-5-6-9-21)7-10-22-15(23)12(2)11-19-18(22)27-3/h11,13,16H,4-10H2,1-3H3. The molecular formula is C18H26N4O4S. The summed E-state index contributed by atoms with van der Waals surface area (Å²) in [5.41, 5.74) is 0.861. The number of carbonyl (C=O) groups is 1. The van der Waals surface area contributed by atoms with Gasteiger partial charge in [0.25, 0.3) is 5.56 Å². The first-order chi connectivity index (χ1) is 13.1. The summed E-state index contributed by atoms with van der Waals surface area (Å²) in [6, 6.07) is 0. The molecule has 2 aliphatic rings. The fourth-order valence-electron chi connectivity index (χ4n) is 3.58. The van der Waals surface area contributed by atoms with Crippen molar-refractivity contribution in [3.63, 3.8) is 0 Å². The number of hydrogen-bond acceptors (Lipinski definition) is 8. The van der Waals surface area contributed by atoms with Gasteiger partial charge in [-0.1, -0.05) is 16.9 Å². The number of esters is 1. The first-order valence-corrected chi connectivity index (χ1v) is 10.5. The summed E-state index contributed by atoms with van der Waals surface area (Å²) in [7, 11) is 0. The van der Waals surface area contributed by atoms with Gasteiger partial charge in [-0.25, -0.2) is 9.78 Å². The molecule has 8 nitrogen and oxygen atoms in total. The van der Waals surface area contributed by atoms with Crippen LogP contribution in [0.25, 0.3) is 0 Å². The van der Waals surface area contributed by atoms with E-state index in [-0.39, 0.29) is 24.3 Å². The number of thioether (sulfide) groups is 1. The van der Waals surface area contributed by atoms with Gasteiger partial charge in [-0.2, -0.15) is 0 Å². The lowest BCUT2D eigenvalue weighted by atomic mass is 9.97. The van der Waals surface area contributed by atoms with Crippen LogP contribution in [-0.2, 0) is 20.9 Å². The van der Waals surface area contributed by atoms with E-state index >= 15 is 0 Å². The molecule has 0 bridgehead atoms. The summed E-state index contributed by atoms with van der Waals surface area (Å²) in [4.78, 5) is 37.1. The number of aromatic nitrogens is 2. The van der Waals surface area contributed by atoms with E-state index in [1.165, 1.54) is 11.8 Å². The molecule has 3 heterocycles. The first kappa shape index (κ1) is 19.9. The van der Waals surface area contributed by atoms with E-state index in [1.807, 2.05) is 6.26 Å². The minimum absolute atomic E-state index is 0.0550. The monoisotopic (exact) mass is 394 g/mol. The van der Waals surface area contributed by atoms with Gasteiger partial charge in [-0.15, -0.1) is 0 Å². The average Bonchev–Trinajstić information content (AvgIpc) is 3.32. The Morgan fingerprint density at radius 3 is 2.81 bits per heavy atom. The fourth-order valence-corrected chi connectivity index (χ4v) is 4.13. The lowest BCUT2D eigenvalue weighted by Gasteiger charge is -2.27. The van der Waals surface area contributed by atoms with Gasteiger partial charge in [-0.05, 0) is 39.4 Å². The SMILES string of the molecule is CCOC(=O)C1=NOC(N2CCCC2)C1CCn1c(SC)ncc(C)c1=O. The maximum atomic E-state index is 12.6. The van der Waals surface area contributed by atoms with E-state index in [2.05, 4.69) is 15.0 Å². The fraction of sp³-hybridized carbons (Fsp3) is 0.667. The van der Waals surface area contributed by atoms with Gasteiger partial charge in [0.2, 0.25) is 0 Å². The predicted molar refractivity (Wildman–Crippen MR) is 103 cm³/mol. The second-order valence-electron chi connectivity index (χ2n) is 6.72. The van der Waals surface area contributed by atoms with E-state index in [1.54, 1.807) is 24.6 Å². The van der Waals surface area contributed by atoms with Gasteiger partial charge >= 0.3 is 5.97 Å². The minimum atomic E-state index is -0.441. The predicted octanol–water partition coefficient (Wildman–Crippen LogP) is 1.65. The van der Waals surface area contributed by atoms with E-state index in [4.69, 9.17) is 9.57 Å². The Hall–Kier alpha value is -1.87. The molecule has 148 valence electrons.